The number of aromatic hydroxyl groups is 1. The van der Waals surface area contributed by atoms with Crippen LogP contribution in [0.1, 0.15) is 22.5 Å². The van der Waals surface area contributed by atoms with E-state index in [1.807, 2.05) is 18.2 Å². The van der Waals surface area contributed by atoms with Crippen LogP contribution in [0.3, 0.4) is 0 Å². The van der Waals surface area contributed by atoms with Crippen LogP contribution in [-0.4, -0.2) is 49.6 Å². The second-order valence-corrected chi connectivity index (χ2v) is 6.30. The molecule has 4 rings (SSSR count). The summed E-state index contributed by atoms with van der Waals surface area (Å²) in [5, 5.41) is 16.8. The number of likely N-dealkylation sites (tertiary alicyclic amines) is 1. The quantitative estimate of drug-likeness (QED) is 0.753. The number of phenolic OH excluding ortho intramolecular Hbond substituents is 1. The molecular weight excluding hydrogens is 318 g/mol. The van der Waals surface area contributed by atoms with E-state index in [1.54, 1.807) is 35.1 Å². The fraction of sp³-hybridized carbons (Fsp3) is 0.278. The molecule has 0 bridgehead atoms. The van der Waals surface area contributed by atoms with Gasteiger partial charge >= 0.3 is 0 Å². The molecule has 1 atom stereocenters. The van der Waals surface area contributed by atoms with E-state index >= 15 is 0 Å². The fourth-order valence-electron chi connectivity index (χ4n) is 3.25. The van der Waals surface area contributed by atoms with Crippen LogP contribution in [0.25, 0.3) is 5.65 Å². The van der Waals surface area contributed by atoms with Gasteiger partial charge in [0.25, 0.3) is 5.91 Å². The van der Waals surface area contributed by atoms with Gasteiger partial charge in [-0.15, -0.1) is 0 Å². The van der Waals surface area contributed by atoms with Gasteiger partial charge in [0, 0.05) is 31.9 Å². The van der Waals surface area contributed by atoms with Gasteiger partial charge < -0.3 is 10.4 Å². The highest BCUT2D eigenvalue weighted by Crippen LogP contribution is 2.17. The second kappa shape index (κ2) is 6.52. The van der Waals surface area contributed by atoms with Gasteiger partial charge in [0.1, 0.15) is 11.4 Å². The molecule has 2 N–H and O–H groups in total. The van der Waals surface area contributed by atoms with Crippen LogP contribution in [0.2, 0.25) is 0 Å². The number of carbonyl (C=O) groups is 1. The number of rotatable bonds is 4. The first-order valence-corrected chi connectivity index (χ1v) is 8.29. The first kappa shape index (κ1) is 15.6. The summed E-state index contributed by atoms with van der Waals surface area (Å²) >= 11 is 0. The van der Waals surface area contributed by atoms with Crippen LogP contribution in [0, 0.1) is 0 Å². The molecule has 1 aliphatic rings. The predicted octanol–water partition coefficient (Wildman–Crippen LogP) is 1.44. The maximum absolute atomic E-state index is 12.5. The third-order valence-electron chi connectivity index (χ3n) is 4.43. The largest absolute Gasteiger partial charge is 0.508 e. The molecule has 0 aliphatic carbocycles. The Morgan fingerprint density at radius 3 is 3.12 bits per heavy atom. The molecule has 25 heavy (non-hydrogen) atoms. The molecule has 1 saturated heterocycles. The highest BCUT2D eigenvalue weighted by molar-refractivity contribution is 5.93. The normalized spacial score (nSPS) is 17.8. The van der Waals surface area contributed by atoms with E-state index in [2.05, 4.69) is 20.3 Å². The van der Waals surface area contributed by atoms with E-state index in [4.69, 9.17) is 0 Å². The molecule has 1 amide bonds. The smallest absolute Gasteiger partial charge is 0.271 e. The molecule has 0 spiro atoms. The summed E-state index contributed by atoms with van der Waals surface area (Å²) in [6, 6.07) is 11.0. The minimum absolute atomic E-state index is 0.0964. The standard InChI is InChI=1S/C18H19N5O2/c24-15-4-1-3-13(9-15)11-22-8-6-14(12-22)21-18(25)16-10-19-17-5-2-7-20-23(16)17/h1-5,7,9-10,14,24H,6,8,11-12H2,(H,21,25)/t14-/m0/s1. The second-order valence-electron chi connectivity index (χ2n) is 6.30. The third kappa shape index (κ3) is 3.32. The Balaban J connectivity index is 1.38. The van der Waals surface area contributed by atoms with Crippen LogP contribution < -0.4 is 5.32 Å². The van der Waals surface area contributed by atoms with Crippen molar-refractivity contribution < 1.29 is 9.90 Å². The Kier molecular flexibility index (Phi) is 4.07. The van der Waals surface area contributed by atoms with Crippen molar-refractivity contribution in [3.63, 3.8) is 0 Å². The molecule has 0 unspecified atom stereocenters. The van der Waals surface area contributed by atoms with Gasteiger partial charge in [0.05, 0.1) is 6.20 Å². The van der Waals surface area contributed by atoms with Crippen LogP contribution >= 0.6 is 0 Å². The number of fused-ring (bicyclic) bond motifs is 1. The molecule has 128 valence electrons. The number of nitrogens with one attached hydrogen (secondary N) is 1. The van der Waals surface area contributed by atoms with Crippen LogP contribution in [0.15, 0.2) is 48.8 Å². The summed E-state index contributed by atoms with van der Waals surface area (Å²) < 4.78 is 1.55. The molecular formula is C18H19N5O2. The van der Waals surface area contributed by atoms with Gasteiger partial charge in [-0.1, -0.05) is 12.1 Å². The number of benzene rings is 1. The number of phenols is 1. The van der Waals surface area contributed by atoms with Crippen LogP contribution in [-0.2, 0) is 6.54 Å². The first-order valence-electron chi connectivity index (χ1n) is 8.29. The lowest BCUT2D eigenvalue weighted by Gasteiger charge is -2.16. The van der Waals surface area contributed by atoms with Crippen molar-refractivity contribution in [1.29, 1.82) is 0 Å². The SMILES string of the molecule is O=C(N[C@H]1CCN(Cc2cccc(O)c2)C1)c1cnc2cccnn12. The summed E-state index contributed by atoms with van der Waals surface area (Å²) in [7, 11) is 0. The van der Waals surface area contributed by atoms with E-state index in [0.717, 1.165) is 31.6 Å². The van der Waals surface area contributed by atoms with Crippen molar-refractivity contribution in [2.24, 2.45) is 0 Å². The Morgan fingerprint density at radius 2 is 2.24 bits per heavy atom. The van der Waals surface area contributed by atoms with Gasteiger partial charge in [-0.3, -0.25) is 9.69 Å². The van der Waals surface area contributed by atoms with E-state index in [1.165, 1.54) is 0 Å². The van der Waals surface area contributed by atoms with Gasteiger partial charge in [0.15, 0.2) is 5.65 Å². The van der Waals surface area contributed by atoms with Crippen molar-refractivity contribution in [3.8, 4) is 5.75 Å². The number of hydrogen-bond acceptors (Lipinski definition) is 5. The lowest BCUT2D eigenvalue weighted by molar-refractivity contribution is 0.0930. The van der Waals surface area contributed by atoms with Crippen molar-refractivity contribution in [2.75, 3.05) is 13.1 Å². The monoisotopic (exact) mass is 337 g/mol. The minimum atomic E-state index is -0.157. The zero-order chi connectivity index (χ0) is 17.2. The van der Waals surface area contributed by atoms with Crippen molar-refractivity contribution in [1.82, 2.24) is 24.8 Å². The zero-order valence-corrected chi connectivity index (χ0v) is 13.7. The average molecular weight is 337 g/mol. The highest BCUT2D eigenvalue weighted by Gasteiger charge is 2.25. The van der Waals surface area contributed by atoms with Crippen molar-refractivity contribution in [3.05, 3.63) is 60.0 Å². The number of hydrogen-bond donors (Lipinski definition) is 2. The molecule has 1 fully saturated rings. The molecule has 1 aromatic carbocycles. The van der Waals surface area contributed by atoms with Gasteiger partial charge in [-0.25, -0.2) is 9.50 Å². The van der Waals surface area contributed by atoms with E-state index in [0.29, 0.717) is 11.3 Å². The van der Waals surface area contributed by atoms with Crippen molar-refractivity contribution in [2.45, 2.75) is 19.0 Å². The molecule has 1 aliphatic heterocycles. The molecule has 3 heterocycles. The average Bonchev–Trinajstić information content (AvgIpc) is 3.21. The summed E-state index contributed by atoms with van der Waals surface area (Å²) in [4.78, 5) is 19.0. The molecule has 2 aromatic heterocycles. The maximum Gasteiger partial charge on any atom is 0.271 e. The summed E-state index contributed by atoms with van der Waals surface area (Å²) in [5.41, 5.74) is 2.17. The predicted molar refractivity (Wildman–Crippen MR) is 92.2 cm³/mol. The lowest BCUT2D eigenvalue weighted by Crippen LogP contribution is -2.37. The minimum Gasteiger partial charge on any atom is -0.508 e. The van der Waals surface area contributed by atoms with Crippen LogP contribution in [0.5, 0.6) is 5.75 Å². The first-order chi connectivity index (χ1) is 12.2. The number of imidazole rings is 1. The summed E-state index contributed by atoms with van der Waals surface area (Å²) in [6.45, 7) is 2.45. The Bertz CT molecular complexity index is 907. The highest BCUT2D eigenvalue weighted by atomic mass is 16.3. The lowest BCUT2D eigenvalue weighted by atomic mass is 10.2. The molecule has 0 saturated carbocycles. The van der Waals surface area contributed by atoms with Crippen molar-refractivity contribution >= 4 is 11.6 Å². The van der Waals surface area contributed by atoms with Crippen LogP contribution in [0.4, 0.5) is 0 Å². The van der Waals surface area contributed by atoms with E-state index in [-0.39, 0.29) is 17.7 Å². The molecule has 7 heteroatoms. The summed E-state index contributed by atoms with van der Waals surface area (Å²) in [5.74, 6) is 0.122. The van der Waals surface area contributed by atoms with Gasteiger partial charge in [-0.05, 0) is 36.2 Å². The van der Waals surface area contributed by atoms with Gasteiger partial charge in [-0.2, -0.15) is 5.10 Å². The third-order valence-corrected chi connectivity index (χ3v) is 4.43. The number of nitrogens with zero attached hydrogens (tertiary/aromatic N) is 4. The number of aromatic nitrogens is 3. The molecule has 0 radical (unpaired) electrons. The number of carbonyl (C=O) groups excluding carboxylic acids is 1. The van der Waals surface area contributed by atoms with E-state index in [9.17, 15) is 9.90 Å². The summed E-state index contributed by atoms with van der Waals surface area (Å²) in [6.07, 6.45) is 4.09. The maximum atomic E-state index is 12.5. The molecule has 7 nitrogen and oxygen atoms in total. The van der Waals surface area contributed by atoms with Gasteiger partial charge in [0.2, 0.25) is 0 Å². The zero-order valence-electron chi connectivity index (χ0n) is 13.7. The van der Waals surface area contributed by atoms with E-state index < -0.39 is 0 Å². The Labute approximate surface area is 144 Å². The number of amides is 1. The Morgan fingerprint density at radius 1 is 1.32 bits per heavy atom. The molecule has 3 aromatic rings. The Hall–Kier alpha value is -2.93. The fourth-order valence-corrected chi connectivity index (χ4v) is 3.25. The topological polar surface area (TPSA) is 82.8 Å².